The van der Waals surface area contributed by atoms with Crippen LogP contribution in [0.2, 0.25) is 6.55 Å². The van der Waals surface area contributed by atoms with Crippen molar-refractivity contribution in [3.05, 3.63) is 64.7 Å². The maximum atomic E-state index is 12.2. The van der Waals surface area contributed by atoms with Crippen molar-refractivity contribution in [3.63, 3.8) is 0 Å². The summed E-state index contributed by atoms with van der Waals surface area (Å²) in [6.07, 6.45) is 0. The second-order valence-corrected chi connectivity index (χ2v) is 7.16. The third-order valence-electron chi connectivity index (χ3n) is 4.27. The van der Waals surface area contributed by atoms with Gasteiger partial charge in [-0.1, -0.05) is 64.5 Å². The number of nitrogens with one attached hydrogen (secondary N) is 1. The van der Waals surface area contributed by atoms with Crippen molar-refractivity contribution in [2.24, 2.45) is 10.3 Å². The van der Waals surface area contributed by atoms with Crippen molar-refractivity contribution in [2.45, 2.75) is 27.0 Å². The zero-order valence-electron chi connectivity index (χ0n) is 16.9. The van der Waals surface area contributed by atoms with Crippen molar-refractivity contribution in [1.29, 1.82) is 0 Å². The number of benzene rings is 2. The van der Waals surface area contributed by atoms with E-state index < -0.39 is 0 Å². The molecule has 0 atom stereocenters. The molecular formula is C21H25N3O3Si. The average molecular weight is 396 g/mol. The van der Waals surface area contributed by atoms with Crippen LogP contribution in [-0.4, -0.2) is 41.0 Å². The Kier molecular flexibility index (Phi) is 7.95. The molecule has 2 rings (SSSR count). The lowest BCUT2D eigenvalue weighted by atomic mass is 9.98. The van der Waals surface area contributed by atoms with Gasteiger partial charge in [0, 0.05) is 18.2 Å². The molecule has 0 aromatic heterocycles. The van der Waals surface area contributed by atoms with E-state index in [1.165, 1.54) is 12.3 Å². The van der Waals surface area contributed by atoms with Crippen LogP contribution in [0.5, 0.6) is 0 Å². The number of nitrogens with zero attached hydrogens (tertiary/aromatic N) is 2. The Hall–Kier alpha value is -2.93. The van der Waals surface area contributed by atoms with E-state index in [1.807, 2.05) is 44.2 Å². The number of likely N-dealkylation sites (N-methyl/N-ethyl adjacent to an activating group) is 1. The summed E-state index contributed by atoms with van der Waals surface area (Å²) in [5, 5.41) is 12.0. The SMILES string of the molecule is CNC(=O)/C(=N/OC)c1cccc(C)c1CO/N=C(\C)c1cccc([Si]C)c1. The number of oxime groups is 2. The molecule has 7 heteroatoms. The minimum Gasteiger partial charge on any atom is -0.398 e. The monoisotopic (exact) mass is 395 g/mol. The van der Waals surface area contributed by atoms with Crippen molar-refractivity contribution >= 4 is 32.0 Å². The molecule has 2 aromatic carbocycles. The molecule has 0 saturated carbocycles. The predicted octanol–water partition coefficient (Wildman–Crippen LogP) is 2.41. The summed E-state index contributed by atoms with van der Waals surface area (Å²) < 4.78 is 0. The molecule has 0 aliphatic carbocycles. The van der Waals surface area contributed by atoms with Gasteiger partial charge in [-0.25, -0.2) is 0 Å². The van der Waals surface area contributed by atoms with Crippen LogP contribution in [0.1, 0.15) is 29.2 Å². The van der Waals surface area contributed by atoms with Crippen molar-refractivity contribution < 1.29 is 14.5 Å². The zero-order chi connectivity index (χ0) is 20.5. The first-order valence-corrected chi connectivity index (χ1v) is 10.4. The summed E-state index contributed by atoms with van der Waals surface area (Å²) in [5.41, 5.74) is 4.50. The molecular weight excluding hydrogens is 370 g/mol. The van der Waals surface area contributed by atoms with Gasteiger partial charge in [-0.05, 0) is 25.0 Å². The number of carbonyl (C=O) groups is 1. The van der Waals surface area contributed by atoms with Crippen LogP contribution in [0.15, 0.2) is 52.8 Å². The topological polar surface area (TPSA) is 72.3 Å². The van der Waals surface area contributed by atoms with Gasteiger partial charge >= 0.3 is 0 Å². The normalized spacial score (nSPS) is 11.9. The number of hydrogen-bond acceptors (Lipinski definition) is 5. The van der Waals surface area contributed by atoms with Crippen molar-refractivity contribution in [3.8, 4) is 0 Å². The van der Waals surface area contributed by atoms with Gasteiger partial charge in [0.25, 0.3) is 5.91 Å². The summed E-state index contributed by atoms with van der Waals surface area (Å²) in [6.45, 7) is 6.24. The number of aryl methyl sites for hydroxylation is 1. The van der Waals surface area contributed by atoms with Crippen LogP contribution < -0.4 is 10.5 Å². The van der Waals surface area contributed by atoms with Crippen LogP contribution in [0.4, 0.5) is 0 Å². The number of rotatable bonds is 8. The summed E-state index contributed by atoms with van der Waals surface area (Å²) in [5.74, 6) is -0.328. The Balaban J connectivity index is 2.26. The van der Waals surface area contributed by atoms with Gasteiger partial charge in [0.1, 0.15) is 13.7 Å². The Bertz CT molecular complexity index is 894. The minimum atomic E-state index is -0.328. The average Bonchev–Trinajstić information content (AvgIpc) is 2.72. The summed E-state index contributed by atoms with van der Waals surface area (Å²) >= 11 is 0. The largest absolute Gasteiger partial charge is 0.398 e. The Morgan fingerprint density at radius 2 is 1.93 bits per heavy atom. The maximum absolute atomic E-state index is 12.2. The molecule has 0 bridgehead atoms. The number of amides is 1. The van der Waals surface area contributed by atoms with Crippen LogP contribution in [-0.2, 0) is 21.1 Å². The molecule has 1 N–H and O–H groups in total. The zero-order valence-corrected chi connectivity index (χ0v) is 17.9. The highest BCUT2D eigenvalue weighted by molar-refractivity contribution is 6.52. The van der Waals surface area contributed by atoms with E-state index in [2.05, 4.69) is 34.3 Å². The molecule has 0 aliphatic rings. The second kappa shape index (κ2) is 10.4. The third-order valence-corrected chi connectivity index (χ3v) is 5.16. The van der Waals surface area contributed by atoms with E-state index in [4.69, 9.17) is 9.68 Å². The van der Waals surface area contributed by atoms with E-state index in [0.29, 0.717) is 5.56 Å². The van der Waals surface area contributed by atoms with Crippen molar-refractivity contribution in [1.82, 2.24) is 5.32 Å². The van der Waals surface area contributed by atoms with E-state index in [0.717, 1.165) is 31.9 Å². The molecule has 0 aliphatic heterocycles. The Morgan fingerprint density at radius 1 is 1.18 bits per heavy atom. The van der Waals surface area contributed by atoms with Crippen LogP contribution in [0.25, 0.3) is 0 Å². The summed E-state index contributed by atoms with van der Waals surface area (Å²) in [4.78, 5) is 22.7. The second-order valence-electron chi connectivity index (χ2n) is 6.08. The Morgan fingerprint density at radius 3 is 2.61 bits per heavy atom. The van der Waals surface area contributed by atoms with Gasteiger partial charge < -0.3 is 15.0 Å². The maximum Gasteiger partial charge on any atom is 0.273 e. The minimum absolute atomic E-state index is 0.199. The molecule has 0 saturated heterocycles. The first kappa shape index (κ1) is 21.4. The smallest absolute Gasteiger partial charge is 0.273 e. The number of hydrogen-bond donors (Lipinski definition) is 1. The highest BCUT2D eigenvalue weighted by Gasteiger charge is 2.19. The molecule has 0 unspecified atom stereocenters. The van der Waals surface area contributed by atoms with Gasteiger partial charge in [-0.15, -0.1) is 0 Å². The molecule has 28 heavy (non-hydrogen) atoms. The highest BCUT2D eigenvalue weighted by atomic mass is 28.2. The van der Waals surface area contributed by atoms with E-state index in [1.54, 1.807) is 7.05 Å². The van der Waals surface area contributed by atoms with Gasteiger partial charge in [0.15, 0.2) is 5.71 Å². The van der Waals surface area contributed by atoms with Gasteiger partial charge in [0.05, 0.1) is 15.2 Å². The molecule has 2 aromatic rings. The summed E-state index contributed by atoms with van der Waals surface area (Å²) in [6, 6.07) is 13.9. The van der Waals surface area contributed by atoms with Crippen LogP contribution in [0, 0.1) is 6.92 Å². The van der Waals surface area contributed by atoms with E-state index >= 15 is 0 Å². The van der Waals surface area contributed by atoms with Crippen molar-refractivity contribution in [2.75, 3.05) is 14.2 Å². The first-order valence-electron chi connectivity index (χ1n) is 8.88. The number of carbonyl (C=O) groups excluding carboxylic acids is 1. The van der Waals surface area contributed by atoms with E-state index in [9.17, 15) is 4.79 Å². The lowest BCUT2D eigenvalue weighted by Gasteiger charge is -2.13. The lowest BCUT2D eigenvalue weighted by Crippen LogP contribution is -2.29. The molecule has 0 spiro atoms. The Labute approximate surface area is 168 Å². The first-order chi connectivity index (χ1) is 13.5. The van der Waals surface area contributed by atoms with Gasteiger partial charge in [0.2, 0.25) is 0 Å². The quantitative estimate of drug-likeness (QED) is 0.424. The predicted molar refractivity (Wildman–Crippen MR) is 113 cm³/mol. The standard InChI is InChI=1S/C21H25N3O3Si/c1-14-8-6-11-18(20(24-26-4)21(25)22-3)19(14)13-27-23-15(2)16-9-7-10-17(12-16)28-5/h6-12H,13H2,1-5H3,(H,22,25)/b23-15+,24-20+. The van der Waals surface area contributed by atoms with Gasteiger partial charge in [-0.3, -0.25) is 4.79 Å². The molecule has 2 radical (unpaired) electrons. The highest BCUT2D eigenvalue weighted by Crippen LogP contribution is 2.17. The fourth-order valence-corrected chi connectivity index (χ4v) is 3.25. The molecule has 146 valence electrons. The lowest BCUT2D eigenvalue weighted by molar-refractivity contribution is -0.114. The molecule has 1 amide bonds. The third kappa shape index (κ3) is 5.29. The van der Waals surface area contributed by atoms with Crippen LogP contribution in [0.3, 0.4) is 0 Å². The molecule has 0 fully saturated rings. The molecule has 0 heterocycles. The fraction of sp³-hybridized carbons (Fsp3) is 0.286. The van der Waals surface area contributed by atoms with E-state index in [-0.39, 0.29) is 18.2 Å². The van der Waals surface area contributed by atoms with Crippen LogP contribution >= 0.6 is 0 Å². The summed E-state index contributed by atoms with van der Waals surface area (Å²) in [7, 11) is 3.69. The fourth-order valence-electron chi connectivity index (χ4n) is 2.68. The van der Waals surface area contributed by atoms with Gasteiger partial charge in [-0.2, -0.15) is 0 Å². The molecule has 6 nitrogen and oxygen atoms in total.